The Labute approximate surface area is 148 Å². The normalized spacial score (nSPS) is 21.3. The van der Waals surface area contributed by atoms with Gasteiger partial charge >= 0.3 is 0 Å². The number of carbonyl (C=O) groups is 2. The van der Waals surface area contributed by atoms with Crippen molar-refractivity contribution in [2.75, 3.05) is 23.9 Å². The molecule has 0 aromatic heterocycles. The van der Waals surface area contributed by atoms with Gasteiger partial charge in [-0.25, -0.2) is 0 Å². The Morgan fingerprint density at radius 1 is 1.32 bits per heavy atom. The van der Waals surface area contributed by atoms with Crippen molar-refractivity contribution >= 4 is 23.2 Å². The number of nitrogens with one attached hydrogen (secondary N) is 1. The molecule has 2 N–H and O–H groups in total. The molecule has 1 aromatic carbocycles. The number of ether oxygens (including phenoxy) is 1. The van der Waals surface area contributed by atoms with Gasteiger partial charge in [0, 0.05) is 12.7 Å². The molecule has 6 nitrogen and oxygen atoms in total. The summed E-state index contributed by atoms with van der Waals surface area (Å²) in [4.78, 5) is 26.4. The molecule has 1 heterocycles. The largest absolute Gasteiger partial charge is 0.490 e. The molecule has 25 heavy (non-hydrogen) atoms. The number of hydrogen-bond acceptors (Lipinski definition) is 4. The topological polar surface area (TPSA) is 78.9 Å². The van der Waals surface area contributed by atoms with E-state index in [0.29, 0.717) is 36.6 Å². The number of anilines is 2. The van der Waals surface area contributed by atoms with E-state index in [1.807, 2.05) is 13.8 Å². The van der Waals surface area contributed by atoms with Gasteiger partial charge in [-0.3, -0.25) is 9.59 Å². The summed E-state index contributed by atoms with van der Waals surface area (Å²) in [7, 11) is 1.71. The summed E-state index contributed by atoms with van der Waals surface area (Å²) in [6.07, 6.45) is 3.36. The Bertz CT molecular complexity index is 693. The van der Waals surface area contributed by atoms with Crippen LogP contribution in [0.25, 0.3) is 0 Å². The van der Waals surface area contributed by atoms with Gasteiger partial charge in [-0.05, 0) is 44.9 Å². The fourth-order valence-electron chi connectivity index (χ4n) is 3.58. The van der Waals surface area contributed by atoms with E-state index in [-0.39, 0.29) is 18.2 Å². The van der Waals surface area contributed by atoms with Crippen molar-refractivity contribution in [1.29, 1.82) is 0 Å². The van der Waals surface area contributed by atoms with E-state index in [1.54, 1.807) is 30.1 Å². The number of hydrogen-bond donors (Lipinski definition) is 2. The van der Waals surface area contributed by atoms with Gasteiger partial charge in [0.05, 0.1) is 23.1 Å². The SMILES string of the molecule is CN1C(=O)C(C)(C)COc2ccc(NC(=O)CC3(O)CCCC3)cc21. The first-order chi connectivity index (χ1) is 11.7. The van der Waals surface area contributed by atoms with Crippen molar-refractivity contribution in [3.63, 3.8) is 0 Å². The molecule has 0 saturated heterocycles. The molecule has 0 atom stereocenters. The van der Waals surface area contributed by atoms with Crippen LogP contribution in [0.1, 0.15) is 46.0 Å². The maximum Gasteiger partial charge on any atom is 0.235 e. The monoisotopic (exact) mass is 346 g/mol. The number of nitrogens with zero attached hydrogens (tertiary/aromatic N) is 1. The Hall–Kier alpha value is -2.08. The molecule has 1 aliphatic carbocycles. The van der Waals surface area contributed by atoms with E-state index in [1.165, 1.54) is 0 Å². The van der Waals surface area contributed by atoms with Crippen LogP contribution in [0.3, 0.4) is 0 Å². The number of rotatable bonds is 3. The number of aliphatic hydroxyl groups is 1. The number of fused-ring (bicyclic) bond motifs is 1. The zero-order valence-corrected chi connectivity index (χ0v) is 15.1. The predicted octanol–water partition coefficient (Wildman–Crippen LogP) is 2.70. The minimum atomic E-state index is -0.879. The van der Waals surface area contributed by atoms with Crippen LogP contribution in [0.4, 0.5) is 11.4 Å². The smallest absolute Gasteiger partial charge is 0.235 e. The van der Waals surface area contributed by atoms with E-state index in [0.717, 1.165) is 12.8 Å². The van der Waals surface area contributed by atoms with Crippen LogP contribution in [0.15, 0.2) is 18.2 Å². The summed E-state index contributed by atoms with van der Waals surface area (Å²) >= 11 is 0. The third kappa shape index (κ3) is 3.63. The van der Waals surface area contributed by atoms with Crippen LogP contribution in [0, 0.1) is 5.41 Å². The highest BCUT2D eigenvalue weighted by molar-refractivity contribution is 6.00. The molecular weight excluding hydrogens is 320 g/mol. The minimum Gasteiger partial charge on any atom is -0.490 e. The van der Waals surface area contributed by atoms with Crippen molar-refractivity contribution in [2.45, 2.75) is 51.6 Å². The molecule has 0 radical (unpaired) electrons. The van der Waals surface area contributed by atoms with Crippen LogP contribution >= 0.6 is 0 Å². The third-order valence-corrected chi connectivity index (χ3v) is 5.10. The zero-order valence-electron chi connectivity index (χ0n) is 15.1. The van der Waals surface area contributed by atoms with Gasteiger partial charge in [-0.2, -0.15) is 0 Å². The van der Waals surface area contributed by atoms with Crippen molar-refractivity contribution < 1.29 is 19.4 Å². The summed E-state index contributed by atoms with van der Waals surface area (Å²) in [5.41, 5.74) is -0.264. The molecule has 1 aliphatic heterocycles. The molecule has 6 heteroatoms. The van der Waals surface area contributed by atoms with Crippen LogP contribution in [-0.4, -0.2) is 36.2 Å². The first-order valence-electron chi connectivity index (χ1n) is 8.77. The number of amides is 2. The lowest BCUT2D eigenvalue weighted by molar-refractivity contribution is -0.127. The average molecular weight is 346 g/mol. The molecule has 1 saturated carbocycles. The van der Waals surface area contributed by atoms with Crippen molar-refractivity contribution in [2.24, 2.45) is 5.41 Å². The maximum absolute atomic E-state index is 12.6. The second kappa shape index (κ2) is 6.33. The van der Waals surface area contributed by atoms with Crippen LogP contribution in [0.2, 0.25) is 0 Å². The Balaban J connectivity index is 1.76. The standard InChI is InChI=1S/C19H26N2O4/c1-18(2)12-25-15-7-6-13(10-14(15)21(3)17(18)23)20-16(22)11-19(24)8-4-5-9-19/h6-7,10,24H,4-5,8-9,11-12H2,1-3H3,(H,20,22). The predicted molar refractivity (Wildman–Crippen MR) is 95.8 cm³/mol. The Kier molecular flexibility index (Phi) is 4.49. The van der Waals surface area contributed by atoms with Gasteiger partial charge in [-0.15, -0.1) is 0 Å². The van der Waals surface area contributed by atoms with Crippen molar-refractivity contribution in [1.82, 2.24) is 0 Å². The molecule has 0 unspecified atom stereocenters. The average Bonchev–Trinajstić information content (AvgIpc) is 2.94. The lowest BCUT2D eigenvalue weighted by atomic mass is 9.93. The third-order valence-electron chi connectivity index (χ3n) is 5.10. The lowest BCUT2D eigenvalue weighted by Gasteiger charge is -2.24. The molecule has 3 rings (SSSR count). The fourth-order valence-corrected chi connectivity index (χ4v) is 3.58. The second-order valence-corrected chi connectivity index (χ2v) is 7.88. The molecule has 2 amide bonds. The van der Waals surface area contributed by atoms with Gasteiger partial charge in [0.25, 0.3) is 0 Å². The molecule has 136 valence electrons. The van der Waals surface area contributed by atoms with Crippen LogP contribution in [-0.2, 0) is 9.59 Å². The second-order valence-electron chi connectivity index (χ2n) is 7.88. The lowest BCUT2D eigenvalue weighted by Crippen LogP contribution is -2.39. The highest BCUT2D eigenvalue weighted by Crippen LogP contribution is 2.38. The van der Waals surface area contributed by atoms with E-state index in [2.05, 4.69) is 5.32 Å². The summed E-state index contributed by atoms with van der Waals surface area (Å²) in [5, 5.41) is 13.2. The van der Waals surface area contributed by atoms with Gasteiger partial charge < -0.3 is 20.1 Å². The molecule has 2 aliphatic rings. The fraction of sp³-hybridized carbons (Fsp3) is 0.579. The van der Waals surface area contributed by atoms with Gasteiger partial charge in [0.1, 0.15) is 12.4 Å². The van der Waals surface area contributed by atoms with Crippen molar-refractivity contribution in [3.8, 4) is 5.75 Å². The van der Waals surface area contributed by atoms with E-state index < -0.39 is 11.0 Å². The number of benzene rings is 1. The zero-order chi connectivity index (χ0) is 18.2. The molecule has 0 spiro atoms. The van der Waals surface area contributed by atoms with Crippen LogP contribution in [0.5, 0.6) is 5.75 Å². The highest BCUT2D eigenvalue weighted by Gasteiger charge is 2.36. The van der Waals surface area contributed by atoms with Gasteiger partial charge in [0.2, 0.25) is 11.8 Å². The van der Waals surface area contributed by atoms with E-state index in [9.17, 15) is 14.7 Å². The quantitative estimate of drug-likeness (QED) is 0.882. The first-order valence-corrected chi connectivity index (χ1v) is 8.77. The van der Waals surface area contributed by atoms with E-state index >= 15 is 0 Å². The number of carbonyl (C=O) groups excluding carboxylic acids is 2. The Morgan fingerprint density at radius 2 is 2.00 bits per heavy atom. The van der Waals surface area contributed by atoms with Gasteiger partial charge in [0.15, 0.2) is 0 Å². The first kappa shape index (κ1) is 17.7. The highest BCUT2D eigenvalue weighted by atomic mass is 16.5. The van der Waals surface area contributed by atoms with Crippen molar-refractivity contribution in [3.05, 3.63) is 18.2 Å². The minimum absolute atomic E-state index is 0.0324. The molecule has 0 bridgehead atoms. The summed E-state index contributed by atoms with van der Waals surface area (Å²) < 4.78 is 5.77. The van der Waals surface area contributed by atoms with Crippen LogP contribution < -0.4 is 15.0 Å². The molecule has 1 aromatic rings. The summed E-state index contributed by atoms with van der Waals surface area (Å²) in [6, 6.07) is 5.26. The summed E-state index contributed by atoms with van der Waals surface area (Å²) in [6.45, 7) is 4.01. The van der Waals surface area contributed by atoms with E-state index in [4.69, 9.17) is 4.74 Å². The Morgan fingerprint density at radius 3 is 2.68 bits per heavy atom. The molecular formula is C19H26N2O4. The maximum atomic E-state index is 12.6. The molecule has 1 fully saturated rings. The summed E-state index contributed by atoms with van der Waals surface area (Å²) in [5.74, 6) is 0.372. The van der Waals surface area contributed by atoms with Gasteiger partial charge in [-0.1, -0.05) is 12.8 Å².